The molecule has 19 heavy (non-hydrogen) atoms. The molecule has 0 heterocycles. The molecule has 0 saturated carbocycles. The Kier molecular flexibility index (Phi) is 7.13. The molecule has 0 amide bonds. The van der Waals surface area contributed by atoms with Gasteiger partial charge in [0.15, 0.2) is 0 Å². The molecule has 1 aromatic carbocycles. The van der Waals surface area contributed by atoms with E-state index in [1.165, 1.54) is 0 Å². The zero-order chi connectivity index (χ0) is 14.3. The normalized spacial score (nSPS) is 11.5. The fourth-order valence-electron chi connectivity index (χ4n) is 1.53. The van der Waals surface area contributed by atoms with Crippen LogP contribution in [0, 0.1) is 0 Å². The van der Waals surface area contributed by atoms with Gasteiger partial charge in [0.25, 0.3) is 0 Å². The summed E-state index contributed by atoms with van der Waals surface area (Å²) in [6.45, 7) is 0.593. The summed E-state index contributed by atoms with van der Waals surface area (Å²) in [6, 6.07) is 5.37. The lowest BCUT2D eigenvalue weighted by molar-refractivity contribution is 0.303. The average molecular weight is 371 g/mol. The molecule has 4 nitrogen and oxygen atoms in total. The van der Waals surface area contributed by atoms with Crippen LogP contribution in [0.3, 0.4) is 0 Å². The highest BCUT2D eigenvalue weighted by Gasteiger charge is 2.03. The van der Waals surface area contributed by atoms with Crippen molar-refractivity contribution >= 4 is 37.6 Å². The molecule has 1 aromatic rings. The highest BCUT2D eigenvalue weighted by atomic mass is 79.9. The van der Waals surface area contributed by atoms with Crippen LogP contribution < -0.4 is 9.88 Å². The maximum absolute atomic E-state index is 10.7. The monoisotopic (exact) mass is 369 g/mol. The standard InChI is InChI=1S/C12H17BrClNO3S/c13-11-9-10(14)5-6-12(11)18-7-3-1-2-4-8-19(15,16)17/h5-6,9H,1-4,7-8H2,(H2,15,16,17). The van der Waals surface area contributed by atoms with E-state index in [-0.39, 0.29) is 5.75 Å². The van der Waals surface area contributed by atoms with Crippen molar-refractivity contribution in [3.63, 3.8) is 0 Å². The Balaban J connectivity index is 2.14. The van der Waals surface area contributed by atoms with Crippen molar-refractivity contribution in [1.82, 2.24) is 0 Å². The number of ether oxygens (including phenoxy) is 1. The summed E-state index contributed by atoms with van der Waals surface area (Å²) in [5, 5.41) is 5.57. The Hall–Kier alpha value is -0.300. The molecule has 0 atom stereocenters. The van der Waals surface area contributed by atoms with Crippen LogP contribution >= 0.6 is 27.5 Å². The lowest BCUT2D eigenvalue weighted by Crippen LogP contribution is -2.16. The number of rotatable bonds is 8. The minimum atomic E-state index is -3.32. The molecule has 0 aliphatic heterocycles. The van der Waals surface area contributed by atoms with Gasteiger partial charge in [-0.3, -0.25) is 0 Å². The molecule has 108 valence electrons. The van der Waals surface area contributed by atoms with E-state index in [2.05, 4.69) is 15.9 Å². The van der Waals surface area contributed by atoms with E-state index in [0.717, 1.165) is 29.5 Å². The van der Waals surface area contributed by atoms with Crippen LogP contribution in [0.4, 0.5) is 0 Å². The molecular weight excluding hydrogens is 354 g/mol. The third-order valence-electron chi connectivity index (χ3n) is 2.47. The molecule has 1 rings (SSSR count). The first-order valence-corrected chi connectivity index (χ1v) is 8.85. The van der Waals surface area contributed by atoms with Gasteiger partial charge in [-0.15, -0.1) is 0 Å². The summed E-state index contributed by atoms with van der Waals surface area (Å²) < 4.78 is 27.8. The van der Waals surface area contributed by atoms with Gasteiger partial charge in [0, 0.05) is 5.02 Å². The van der Waals surface area contributed by atoms with Crippen molar-refractivity contribution in [1.29, 1.82) is 0 Å². The van der Waals surface area contributed by atoms with E-state index in [0.29, 0.717) is 18.1 Å². The van der Waals surface area contributed by atoms with Gasteiger partial charge in [-0.05, 0) is 47.0 Å². The Bertz CT molecular complexity index is 508. The summed E-state index contributed by atoms with van der Waals surface area (Å²) in [4.78, 5) is 0. The van der Waals surface area contributed by atoms with E-state index in [1.54, 1.807) is 12.1 Å². The minimum Gasteiger partial charge on any atom is -0.492 e. The van der Waals surface area contributed by atoms with Crippen LogP contribution in [-0.4, -0.2) is 20.8 Å². The largest absolute Gasteiger partial charge is 0.492 e. The van der Waals surface area contributed by atoms with Gasteiger partial charge in [0.2, 0.25) is 10.0 Å². The Morgan fingerprint density at radius 1 is 1.21 bits per heavy atom. The number of unbranched alkanes of at least 4 members (excludes halogenated alkanes) is 3. The van der Waals surface area contributed by atoms with E-state index in [1.807, 2.05) is 6.07 Å². The third-order valence-corrected chi connectivity index (χ3v) is 4.19. The number of nitrogens with two attached hydrogens (primary N) is 1. The molecule has 7 heteroatoms. The lowest BCUT2D eigenvalue weighted by atomic mass is 10.2. The van der Waals surface area contributed by atoms with E-state index in [4.69, 9.17) is 21.5 Å². The number of halogens is 2. The van der Waals surface area contributed by atoms with Crippen LogP contribution in [0.2, 0.25) is 5.02 Å². The second-order valence-electron chi connectivity index (χ2n) is 4.20. The molecule has 0 spiro atoms. The summed E-state index contributed by atoms with van der Waals surface area (Å²) in [5.41, 5.74) is 0. The molecule has 0 saturated heterocycles. The Morgan fingerprint density at radius 3 is 2.53 bits per heavy atom. The van der Waals surface area contributed by atoms with Crippen molar-refractivity contribution in [2.75, 3.05) is 12.4 Å². The summed E-state index contributed by atoms with van der Waals surface area (Å²) in [5.74, 6) is 0.810. The van der Waals surface area contributed by atoms with Gasteiger partial charge in [-0.1, -0.05) is 24.4 Å². The Labute approximate surface area is 127 Å². The summed E-state index contributed by atoms with van der Waals surface area (Å²) in [7, 11) is -3.32. The minimum absolute atomic E-state index is 0.0522. The first kappa shape index (κ1) is 16.8. The highest BCUT2D eigenvalue weighted by molar-refractivity contribution is 9.10. The van der Waals surface area contributed by atoms with E-state index in [9.17, 15) is 8.42 Å². The molecular formula is C12H17BrClNO3S. The zero-order valence-corrected chi connectivity index (χ0v) is 13.6. The van der Waals surface area contributed by atoms with Crippen LogP contribution in [-0.2, 0) is 10.0 Å². The van der Waals surface area contributed by atoms with Crippen LogP contribution in [0.1, 0.15) is 25.7 Å². The maximum atomic E-state index is 10.7. The van der Waals surface area contributed by atoms with Crippen molar-refractivity contribution in [2.24, 2.45) is 5.14 Å². The number of benzene rings is 1. The van der Waals surface area contributed by atoms with Crippen molar-refractivity contribution in [3.8, 4) is 5.75 Å². The molecule has 2 N–H and O–H groups in total. The van der Waals surface area contributed by atoms with Gasteiger partial charge < -0.3 is 4.74 Å². The molecule has 0 aliphatic carbocycles. The molecule has 0 radical (unpaired) electrons. The van der Waals surface area contributed by atoms with Gasteiger partial charge in [0.05, 0.1) is 16.8 Å². The fraction of sp³-hybridized carbons (Fsp3) is 0.500. The second-order valence-corrected chi connectivity index (χ2v) is 7.23. The average Bonchev–Trinajstić information content (AvgIpc) is 2.29. The van der Waals surface area contributed by atoms with E-state index >= 15 is 0 Å². The predicted octanol–water partition coefficient (Wildman–Crippen LogP) is 3.33. The third kappa shape index (κ3) is 7.77. The molecule has 0 aromatic heterocycles. The molecule has 0 aliphatic rings. The number of hydrogen-bond donors (Lipinski definition) is 1. The van der Waals surface area contributed by atoms with Crippen molar-refractivity contribution in [2.45, 2.75) is 25.7 Å². The number of sulfonamides is 1. The van der Waals surface area contributed by atoms with Gasteiger partial charge in [0.1, 0.15) is 5.75 Å². The van der Waals surface area contributed by atoms with Gasteiger partial charge in [-0.2, -0.15) is 0 Å². The quantitative estimate of drug-likeness (QED) is 0.714. The van der Waals surface area contributed by atoms with Crippen LogP contribution in [0.15, 0.2) is 22.7 Å². The first-order valence-electron chi connectivity index (χ1n) is 5.97. The molecule has 0 bridgehead atoms. The maximum Gasteiger partial charge on any atom is 0.209 e. The number of hydrogen-bond acceptors (Lipinski definition) is 3. The smallest absolute Gasteiger partial charge is 0.209 e. The fourth-order valence-corrected chi connectivity index (χ4v) is 2.94. The van der Waals surface area contributed by atoms with Gasteiger partial charge in [-0.25, -0.2) is 13.6 Å². The Morgan fingerprint density at radius 2 is 1.89 bits per heavy atom. The summed E-state index contributed by atoms with van der Waals surface area (Å²) >= 11 is 9.20. The number of primary sulfonamides is 1. The van der Waals surface area contributed by atoms with Gasteiger partial charge >= 0.3 is 0 Å². The topological polar surface area (TPSA) is 69.4 Å². The SMILES string of the molecule is NS(=O)(=O)CCCCCCOc1ccc(Cl)cc1Br. The predicted molar refractivity (Wildman–Crippen MR) is 81.1 cm³/mol. The molecule has 0 fully saturated rings. The van der Waals surface area contributed by atoms with Crippen molar-refractivity contribution in [3.05, 3.63) is 27.7 Å². The van der Waals surface area contributed by atoms with Crippen LogP contribution in [0.25, 0.3) is 0 Å². The van der Waals surface area contributed by atoms with Crippen molar-refractivity contribution < 1.29 is 13.2 Å². The highest BCUT2D eigenvalue weighted by Crippen LogP contribution is 2.28. The van der Waals surface area contributed by atoms with Crippen LogP contribution in [0.5, 0.6) is 5.75 Å². The summed E-state index contributed by atoms with van der Waals surface area (Å²) in [6.07, 6.45) is 3.23. The lowest BCUT2D eigenvalue weighted by Gasteiger charge is -2.08. The zero-order valence-electron chi connectivity index (χ0n) is 10.4. The first-order chi connectivity index (χ1) is 8.88. The van der Waals surface area contributed by atoms with E-state index < -0.39 is 10.0 Å². The molecule has 0 unspecified atom stereocenters. The second kappa shape index (κ2) is 8.09.